The number of rotatable bonds is 6. The molecular weight excluding hydrogens is 366 g/mol. The Balaban J connectivity index is 1.54. The zero-order valence-electron chi connectivity index (χ0n) is 14.9. The maximum absolute atomic E-state index is 12.3. The van der Waals surface area contributed by atoms with Crippen molar-refractivity contribution in [3.8, 4) is 0 Å². The molecule has 2 amide bonds. The molecule has 142 valence electrons. The highest BCUT2D eigenvalue weighted by Gasteiger charge is 2.17. The zero-order valence-corrected chi connectivity index (χ0v) is 15.7. The Morgan fingerprint density at radius 1 is 1.00 bits per heavy atom. The summed E-state index contributed by atoms with van der Waals surface area (Å²) in [6.45, 7) is 3.14. The van der Waals surface area contributed by atoms with Gasteiger partial charge in [-0.15, -0.1) is 0 Å². The number of benzene rings is 2. The molecule has 3 rings (SSSR count). The van der Waals surface area contributed by atoms with Crippen molar-refractivity contribution in [1.29, 1.82) is 0 Å². The van der Waals surface area contributed by atoms with E-state index in [9.17, 15) is 9.59 Å². The first-order chi connectivity index (χ1) is 13.1. The van der Waals surface area contributed by atoms with E-state index in [1.807, 2.05) is 42.5 Å². The van der Waals surface area contributed by atoms with Gasteiger partial charge in [0.05, 0.1) is 24.6 Å². The Morgan fingerprint density at radius 2 is 1.70 bits per heavy atom. The van der Waals surface area contributed by atoms with Gasteiger partial charge in [0.2, 0.25) is 11.8 Å². The molecule has 0 aliphatic carbocycles. The van der Waals surface area contributed by atoms with Gasteiger partial charge in [-0.1, -0.05) is 41.9 Å². The average molecular weight is 388 g/mol. The summed E-state index contributed by atoms with van der Waals surface area (Å²) < 4.78 is 5.38. The summed E-state index contributed by atoms with van der Waals surface area (Å²) in [7, 11) is 0. The number of para-hydroxylation sites is 2. The largest absolute Gasteiger partial charge is 0.378 e. The Morgan fingerprint density at radius 3 is 2.48 bits per heavy atom. The molecule has 1 aliphatic heterocycles. The molecular formula is C20H22ClN3O3. The lowest BCUT2D eigenvalue weighted by Crippen LogP contribution is -2.37. The Bertz CT molecular complexity index is 807. The Hall–Kier alpha value is -2.57. The van der Waals surface area contributed by atoms with Crippen LogP contribution in [0.2, 0.25) is 5.02 Å². The topological polar surface area (TPSA) is 70.7 Å². The van der Waals surface area contributed by atoms with Gasteiger partial charge in [-0.2, -0.15) is 0 Å². The normalized spacial score (nSPS) is 13.9. The molecule has 27 heavy (non-hydrogen) atoms. The van der Waals surface area contributed by atoms with Crippen LogP contribution in [0.15, 0.2) is 48.5 Å². The number of amides is 2. The standard InChI is InChI=1S/C20H22ClN3O3/c21-16-6-2-1-5-15(16)14-22-19(25)13-20(26)23-17-7-3-4-8-18(17)24-9-11-27-12-10-24/h1-8H,9-14H2,(H,22,25)(H,23,26). The van der Waals surface area contributed by atoms with Crippen molar-refractivity contribution in [2.75, 3.05) is 36.5 Å². The van der Waals surface area contributed by atoms with E-state index < -0.39 is 0 Å². The molecule has 0 aromatic heterocycles. The summed E-state index contributed by atoms with van der Waals surface area (Å²) in [6, 6.07) is 14.9. The van der Waals surface area contributed by atoms with Gasteiger partial charge in [-0.25, -0.2) is 0 Å². The smallest absolute Gasteiger partial charge is 0.233 e. The number of carbonyl (C=O) groups is 2. The summed E-state index contributed by atoms with van der Waals surface area (Å²) >= 11 is 6.07. The van der Waals surface area contributed by atoms with Crippen LogP contribution in [0.25, 0.3) is 0 Å². The van der Waals surface area contributed by atoms with Crippen molar-refractivity contribution in [2.24, 2.45) is 0 Å². The van der Waals surface area contributed by atoms with Crippen LogP contribution in [0.1, 0.15) is 12.0 Å². The van der Waals surface area contributed by atoms with Crippen LogP contribution < -0.4 is 15.5 Å². The lowest BCUT2D eigenvalue weighted by molar-refractivity contribution is -0.126. The number of ether oxygens (including phenoxy) is 1. The fraction of sp³-hybridized carbons (Fsp3) is 0.300. The zero-order chi connectivity index (χ0) is 19.1. The van der Waals surface area contributed by atoms with Crippen LogP contribution in [-0.2, 0) is 20.9 Å². The van der Waals surface area contributed by atoms with Gasteiger partial charge in [0.1, 0.15) is 6.42 Å². The van der Waals surface area contributed by atoms with E-state index in [2.05, 4.69) is 15.5 Å². The number of hydrogen-bond acceptors (Lipinski definition) is 4. The molecule has 1 heterocycles. The van der Waals surface area contributed by atoms with Crippen molar-refractivity contribution in [2.45, 2.75) is 13.0 Å². The van der Waals surface area contributed by atoms with Crippen molar-refractivity contribution >= 4 is 34.8 Å². The van der Waals surface area contributed by atoms with Crippen LogP contribution in [0.4, 0.5) is 11.4 Å². The SMILES string of the molecule is O=C(CC(=O)Nc1ccccc1N1CCOCC1)NCc1ccccc1Cl. The third-order valence-corrected chi connectivity index (χ3v) is 4.65. The maximum Gasteiger partial charge on any atom is 0.233 e. The van der Waals surface area contributed by atoms with Gasteiger partial charge >= 0.3 is 0 Å². The number of nitrogens with one attached hydrogen (secondary N) is 2. The number of anilines is 2. The summed E-state index contributed by atoms with van der Waals surface area (Å²) in [5.74, 6) is -0.705. The number of hydrogen-bond donors (Lipinski definition) is 2. The van der Waals surface area contributed by atoms with E-state index >= 15 is 0 Å². The minimum atomic E-state index is -0.354. The lowest BCUT2D eigenvalue weighted by atomic mass is 10.2. The summed E-state index contributed by atoms with van der Waals surface area (Å²) in [5, 5.41) is 6.15. The second-order valence-corrected chi connectivity index (χ2v) is 6.62. The highest BCUT2D eigenvalue weighted by atomic mass is 35.5. The molecule has 0 unspecified atom stereocenters. The van der Waals surface area contributed by atoms with Crippen molar-refractivity contribution in [3.63, 3.8) is 0 Å². The van der Waals surface area contributed by atoms with Crippen LogP contribution in [0, 0.1) is 0 Å². The van der Waals surface area contributed by atoms with Crippen LogP contribution in [0.3, 0.4) is 0 Å². The molecule has 2 aromatic rings. The molecule has 7 heteroatoms. The first-order valence-electron chi connectivity index (χ1n) is 8.85. The van der Waals surface area contributed by atoms with Crippen molar-refractivity contribution in [1.82, 2.24) is 5.32 Å². The third-order valence-electron chi connectivity index (χ3n) is 4.28. The summed E-state index contributed by atoms with van der Waals surface area (Å²) in [4.78, 5) is 26.5. The second-order valence-electron chi connectivity index (χ2n) is 6.21. The van der Waals surface area contributed by atoms with E-state index in [0.29, 0.717) is 23.9 Å². The lowest BCUT2D eigenvalue weighted by Gasteiger charge is -2.30. The van der Waals surface area contributed by atoms with Gasteiger partial charge in [-0.05, 0) is 23.8 Å². The molecule has 0 bridgehead atoms. The van der Waals surface area contributed by atoms with Gasteiger partial charge < -0.3 is 20.3 Å². The minimum Gasteiger partial charge on any atom is -0.378 e. The first kappa shape index (κ1) is 19.2. The van der Waals surface area contributed by atoms with Gasteiger partial charge in [0.25, 0.3) is 0 Å². The third kappa shape index (κ3) is 5.45. The number of carbonyl (C=O) groups excluding carboxylic acids is 2. The molecule has 1 saturated heterocycles. The molecule has 1 fully saturated rings. The van der Waals surface area contributed by atoms with Crippen molar-refractivity contribution in [3.05, 3.63) is 59.1 Å². The molecule has 1 aliphatic rings. The maximum atomic E-state index is 12.3. The highest BCUT2D eigenvalue weighted by Crippen LogP contribution is 2.26. The molecule has 0 radical (unpaired) electrons. The highest BCUT2D eigenvalue weighted by molar-refractivity contribution is 6.31. The Kier molecular flexibility index (Phi) is 6.68. The van der Waals surface area contributed by atoms with E-state index in [-0.39, 0.29) is 24.8 Å². The minimum absolute atomic E-state index is 0.248. The quantitative estimate of drug-likeness (QED) is 0.748. The number of halogens is 1. The molecule has 2 aromatic carbocycles. The molecule has 6 nitrogen and oxygen atoms in total. The fourth-order valence-corrected chi connectivity index (χ4v) is 3.10. The van der Waals surface area contributed by atoms with E-state index in [0.717, 1.165) is 24.3 Å². The number of nitrogens with zero attached hydrogens (tertiary/aromatic N) is 1. The predicted molar refractivity (Wildman–Crippen MR) is 106 cm³/mol. The van der Waals surface area contributed by atoms with Gasteiger partial charge in [0.15, 0.2) is 0 Å². The molecule has 0 saturated carbocycles. The van der Waals surface area contributed by atoms with Gasteiger partial charge in [-0.3, -0.25) is 9.59 Å². The van der Waals surface area contributed by atoms with E-state index in [1.165, 1.54) is 0 Å². The summed E-state index contributed by atoms with van der Waals surface area (Å²) in [5.41, 5.74) is 2.44. The summed E-state index contributed by atoms with van der Waals surface area (Å²) in [6.07, 6.45) is -0.248. The van der Waals surface area contributed by atoms with Gasteiger partial charge in [0, 0.05) is 24.7 Å². The molecule has 2 N–H and O–H groups in total. The fourth-order valence-electron chi connectivity index (χ4n) is 2.90. The first-order valence-corrected chi connectivity index (χ1v) is 9.23. The second kappa shape index (κ2) is 9.39. The number of morpholine rings is 1. The van der Waals surface area contributed by atoms with Crippen LogP contribution in [0.5, 0.6) is 0 Å². The van der Waals surface area contributed by atoms with E-state index in [1.54, 1.807) is 6.07 Å². The predicted octanol–water partition coefficient (Wildman–Crippen LogP) is 2.82. The monoisotopic (exact) mass is 387 g/mol. The van der Waals surface area contributed by atoms with Crippen molar-refractivity contribution < 1.29 is 14.3 Å². The Labute approximate surface area is 163 Å². The van der Waals surface area contributed by atoms with E-state index in [4.69, 9.17) is 16.3 Å². The molecule has 0 spiro atoms. The molecule has 0 atom stereocenters. The van der Waals surface area contributed by atoms with Crippen LogP contribution in [-0.4, -0.2) is 38.1 Å². The average Bonchev–Trinajstić information content (AvgIpc) is 2.68. The van der Waals surface area contributed by atoms with Crippen LogP contribution >= 0.6 is 11.6 Å².